The number of amides is 1. The van der Waals surface area contributed by atoms with Crippen LogP contribution in [0.1, 0.15) is 36.4 Å². The summed E-state index contributed by atoms with van der Waals surface area (Å²) in [5, 5.41) is 0. The molecule has 1 spiro atoms. The average Bonchev–Trinajstić information content (AvgIpc) is 3.66. The Bertz CT molecular complexity index is 1090. The van der Waals surface area contributed by atoms with E-state index in [0.29, 0.717) is 6.61 Å². The zero-order valence-corrected chi connectivity index (χ0v) is 17.0. The monoisotopic (exact) mass is 395 g/mol. The lowest BCUT2D eigenvalue weighted by molar-refractivity contribution is 0.130. The minimum Gasteiger partial charge on any atom is -0.447 e. The molecule has 1 saturated heterocycles. The van der Waals surface area contributed by atoms with Crippen molar-refractivity contribution in [2.75, 3.05) is 6.61 Å². The summed E-state index contributed by atoms with van der Waals surface area (Å²) in [6, 6.07) is 29.6. The fourth-order valence-electron chi connectivity index (χ4n) is 5.69. The van der Waals surface area contributed by atoms with Gasteiger partial charge >= 0.3 is 6.09 Å². The van der Waals surface area contributed by atoms with Crippen LogP contribution in [0.5, 0.6) is 0 Å². The van der Waals surface area contributed by atoms with E-state index in [-0.39, 0.29) is 23.1 Å². The standard InChI is InChI=1S/C27H25NO2/c29-25-28(24(18-30-25)21-11-5-2-6-12-21)27(19-26(27)15-16-26)17-22-13-7-8-14-23(22)20-9-3-1-4-10-20/h1-14,24H,15-19H2/t24-,27-/m1/s1. The summed E-state index contributed by atoms with van der Waals surface area (Å²) in [5.41, 5.74) is 5.14. The summed E-state index contributed by atoms with van der Waals surface area (Å²) in [6.07, 6.45) is 4.25. The molecule has 3 heteroatoms. The van der Waals surface area contributed by atoms with Crippen molar-refractivity contribution in [2.45, 2.75) is 37.3 Å². The van der Waals surface area contributed by atoms with Crippen LogP contribution in [0.25, 0.3) is 11.1 Å². The first-order valence-corrected chi connectivity index (χ1v) is 10.9. The highest BCUT2D eigenvalue weighted by molar-refractivity contribution is 5.74. The molecule has 3 aromatic rings. The normalized spacial score (nSPS) is 25.9. The Labute approximate surface area is 177 Å². The van der Waals surface area contributed by atoms with Crippen LogP contribution in [0.4, 0.5) is 4.79 Å². The van der Waals surface area contributed by atoms with Crippen LogP contribution in [-0.4, -0.2) is 23.1 Å². The number of carbonyl (C=O) groups is 1. The number of benzene rings is 3. The van der Waals surface area contributed by atoms with Gasteiger partial charge in [0, 0.05) is 0 Å². The van der Waals surface area contributed by atoms with Gasteiger partial charge in [0.2, 0.25) is 0 Å². The molecule has 0 N–H and O–H groups in total. The molecule has 0 bridgehead atoms. The van der Waals surface area contributed by atoms with E-state index in [4.69, 9.17) is 4.74 Å². The van der Waals surface area contributed by atoms with Crippen molar-refractivity contribution in [1.82, 2.24) is 4.90 Å². The van der Waals surface area contributed by atoms with Gasteiger partial charge in [0.05, 0.1) is 11.6 Å². The largest absolute Gasteiger partial charge is 0.447 e. The Morgan fingerprint density at radius 1 is 0.867 bits per heavy atom. The van der Waals surface area contributed by atoms with Crippen LogP contribution in [-0.2, 0) is 11.2 Å². The third-order valence-electron chi connectivity index (χ3n) is 7.45. The molecule has 0 unspecified atom stereocenters. The molecule has 2 saturated carbocycles. The van der Waals surface area contributed by atoms with Crippen molar-refractivity contribution in [1.29, 1.82) is 0 Å². The number of hydrogen-bond donors (Lipinski definition) is 0. The maximum atomic E-state index is 13.0. The van der Waals surface area contributed by atoms with E-state index in [1.165, 1.54) is 35.1 Å². The molecule has 0 radical (unpaired) electrons. The number of cyclic esters (lactones) is 1. The first-order valence-electron chi connectivity index (χ1n) is 10.9. The van der Waals surface area contributed by atoms with E-state index in [1.807, 2.05) is 18.2 Å². The quantitative estimate of drug-likeness (QED) is 0.529. The van der Waals surface area contributed by atoms with E-state index >= 15 is 0 Å². The maximum absolute atomic E-state index is 13.0. The van der Waals surface area contributed by atoms with Crippen LogP contribution in [0.3, 0.4) is 0 Å². The number of carbonyl (C=O) groups excluding carboxylic acids is 1. The van der Waals surface area contributed by atoms with Gasteiger partial charge in [0.15, 0.2) is 0 Å². The Kier molecular flexibility index (Phi) is 3.83. The molecule has 2 atom stereocenters. The Hall–Kier alpha value is -3.07. The Balaban J connectivity index is 1.41. The molecule has 1 aliphatic heterocycles. The highest BCUT2D eigenvalue weighted by Crippen LogP contribution is 2.77. The molecule has 6 rings (SSSR count). The maximum Gasteiger partial charge on any atom is 0.410 e. The number of nitrogens with zero attached hydrogens (tertiary/aromatic N) is 1. The summed E-state index contributed by atoms with van der Waals surface area (Å²) in [7, 11) is 0. The van der Waals surface area contributed by atoms with Gasteiger partial charge in [-0.15, -0.1) is 0 Å². The number of ether oxygens (including phenoxy) is 1. The summed E-state index contributed by atoms with van der Waals surface area (Å²) in [5.74, 6) is 0. The molecule has 3 nitrogen and oxygen atoms in total. The molecular formula is C27H25NO2. The van der Waals surface area contributed by atoms with Crippen LogP contribution < -0.4 is 0 Å². The molecule has 2 aliphatic carbocycles. The van der Waals surface area contributed by atoms with Crippen molar-refractivity contribution in [3.63, 3.8) is 0 Å². The number of hydrogen-bond acceptors (Lipinski definition) is 2. The van der Waals surface area contributed by atoms with Gasteiger partial charge in [0.1, 0.15) is 6.61 Å². The van der Waals surface area contributed by atoms with Gasteiger partial charge in [-0.1, -0.05) is 84.9 Å². The summed E-state index contributed by atoms with van der Waals surface area (Å²) in [6.45, 7) is 0.445. The molecule has 30 heavy (non-hydrogen) atoms. The third-order valence-corrected chi connectivity index (χ3v) is 7.45. The van der Waals surface area contributed by atoms with Gasteiger partial charge in [-0.05, 0) is 53.4 Å². The SMILES string of the molecule is O=C1OC[C@H](c2ccccc2)N1[C@]1(Cc2ccccc2-c2ccccc2)CC12CC2. The van der Waals surface area contributed by atoms with Crippen LogP contribution >= 0.6 is 0 Å². The molecule has 0 aromatic heterocycles. The van der Waals surface area contributed by atoms with E-state index in [0.717, 1.165) is 12.8 Å². The highest BCUT2D eigenvalue weighted by atomic mass is 16.6. The van der Waals surface area contributed by atoms with Gasteiger partial charge in [0.25, 0.3) is 0 Å². The predicted octanol–water partition coefficient (Wildman–Crippen LogP) is 6.01. The second-order valence-corrected chi connectivity index (χ2v) is 9.06. The van der Waals surface area contributed by atoms with Crippen molar-refractivity contribution in [3.8, 4) is 11.1 Å². The number of rotatable bonds is 5. The first kappa shape index (κ1) is 17.8. The smallest absolute Gasteiger partial charge is 0.410 e. The fraction of sp³-hybridized carbons (Fsp3) is 0.296. The topological polar surface area (TPSA) is 29.5 Å². The molecule has 150 valence electrons. The van der Waals surface area contributed by atoms with E-state index in [2.05, 4.69) is 71.6 Å². The van der Waals surface area contributed by atoms with Gasteiger partial charge < -0.3 is 4.74 Å². The van der Waals surface area contributed by atoms with E-state index < -0.39 is 0 Å². The van der Waals surface area contributed by atoms with Crippen molar-refractivity contribution >= 4 is 6.09 Å². The minimum absolute atomic E-state index is 0.00237. The predicted molar refractivity (Wildman–Crippen MR) is 117 cm³/mol. The molecule has 3 aromatic carbocycles. The van der Waals surface area contributed by atoms with Crippen molar-refractivity contribution in [2.24, 2.45) is 5.41 Å². The van der Waals surface area contributed by atoms with Crippen molar-refractivity contribution in [3.05, 3.63) is 96.1 Å². The zero-order chi connectivity index (χ0) is 20.2. The minimum atomic E-state index is -0.148. The van der Waals surface area contributed by atoms with Crippen molar-refractivity contribution < 1.29 is 9.53 Å². The van der Waals surface area contributed by atoms with E-state index in [1.54, 1.807) is 0 Å². The second kappa shape index (κ2) is 6.46. The molecule has 3 fully saturated rings. The van der Waals surface area contributed by atoms with Crippen LogP contribution in [0.15, 0.2) is 84.9 Å². The lowest BCUT2D eigenvalue weighted by atomic mass is 9.91. The molecule has 3 aliphatic rings. The Morgan fingerprint density at radius 3 is 2.23 bits per heavy atom. The summed E-state index contributed by atoms with van der Waals surface area (Å²) in [4.78, 5) is 15.1. The lowest BCUT2D eigenvalue weighted by Crippen LogP contribution is -2.43. The Morgan fingerprint density at radius 2 is 1.53 bits per heavy atom. The lowest BCUT2D eigenvalue weighted by Gasteiger charge is -2.33. The zero-order valence-electron chi connectivity index (χ0n) is 17.0. The fourth-order valence-corrected chi connectivity index (χ4v) is 5.69. The highest BCUT2D eigenvalue weighted by Gasteiger charge is 2.78. The summed E-state index contributed by atoms with van der Waals surface area (Å²) < 4.78 is 5.62. The van der Waals surface area contributed by atoms with E-state index in [9.17, 15) is 4.79 Å². The second-order valence-electron chi connectivity index (χ2n) is 9.06. The van der Waals surface area contributed by atoms with Crippen LogP contribution in [0.2, 0.25) is 0 Å². The van der Waals surface area contributed by atoms with Gasteiger partial charge in [-0.3, -0.25) is 4.90 Å². The van der Waals surface area contributed by atoms with Gasteiger partial charge in [-0.25, -0.2) is 4.79 Å². The molecular weight excluding hydrogens is 370 g/mol. The van der Waals surface area contributed by atoms with Crippen LogP contribution in [0, 0.1) is 5.41 Å². The molecule has 1 amide bonds. The average molecular weight is 396 g/mol. The van der Waals surface area contributed by atoms with Gasteiger partial charge in [-0.2, -0.15) is 0 Å². The summed E-state index contributed by atoms with van der Waals surface area (Å²) >= 11 is 0. The first-order chi connectivity index (χ1) is 14.7. The molecule has 1 heterocycles. The third kappa shape index (κ3) is 2.61.